The van der Waals surface area contributed by atoms with E-state index >= 15 is 0 Å². The van der Waals surface area contributed by atoms with Gasteiger partial charge in [0.05, 0.1) is 13.2 Å². The van der Waals surface area contributed by atoms with Crippen LogP contribution in [0.2, 0.25) is 0 Å². The highest BCUT2D eigenvalue weighted by Gasteiger charge is 2.10. The largest absolute Gasteiger partial charge is 0.392 e. The second-order valence-electron chi connectivity index (χ2n) is 2.63. The number of aliphatic hydroxyl groups excluding tert-OH is 2. The van der Waals surface area contributed by atoms with Gasteiger partial charge in [0, 0.05) is 12.5 Å². The molecule has 13 heavy (non-hydrogen) atoms. The molecule has 2 N–H and O–H groups in total. The maximum absolute atomic E-state index is 11.0. The fourth-order valence-electron chi connectivity index (χ4n) is 1.23. The van der Waals surface area contributed by atoms with Gasteiger partial charge in [-0.25, -0.2) is 0 Å². The van der Waals surface area contributed by atoms with E-state index in [2.05, 4.69) is 0 Å². The van der Waals surface area contributed by atoms with Gasteiger partial charge in [-0.3, -0.25) is 4.79 Å². The molecule has 0 bridgehead atoms. The third kappa shape index (κ3) is 1.94. The molecule has 0 saturated heterocycles. The predicted octanol–water partition coefficient (Wildman–Crippen LogP) is 0.565. The highest BCUT2D eigenvalue weighted by Crippen LogP contribution is 2.15. The van der Waals surface area contributed by atoms with Crippen molar-refractivity contribution in [2.45, 2.75) is 13.2 Å². The Hall–Kier alpha value is -1.19. The zero-order chi connectivity index (χ0) is 9.84. The van der Waals surface area contributed by atoms with Crippen molar-refractivity contribution in [1.29, 1.82) is 0 Å². The molecule has 68 valence electrons. The Morgan fingerprint density at radius 3 is 2.00 bits per heavy atom. The minimum atomic E-state index is -0.631. The van der Waals surface area contributed by atoms with E-state index in [-0.39, 0.29) is 18.8 Å². The summed E-state index contributed by atoms with van der Waals surface area (Å²) in [5.41, 5.74) is 1.10. The number of carbonyl (C=O) groups is 1. The van der Waals surface area contributed by atoms with Gasteiger partial charge >= 0.3 is 0 Å². The first-order valence-electron chi connectivity index (χ1n) is 3.83. The Balaban J connectivity index is 3.29. The van der Waals surface area contributed by atoms with Crippen LogP contribution in [0.5, 0.6) is 0 Å². The molecule has 0 unspecified atom stereocenters. The van der Waals surface area contributed by atoms with Crippen molar-refractivity contribution < 1.29 is 15.0 Å². The maximum Gasteiger partial charge on any atom is 0.168 e. The molecular weight excluding hydrogens is 168 g/mol. The molecule has 0 fully saturated rings. The summed E-state index contributed by atoms with van der Waals surface area (Å²) in [5, 5.41) is 17.8. The summed E-state index contributed by atoms with van der Waals surface area (Å²) in [5.74, 6) is -0.631. The zero-order valence-corrected chi connectivity index (χ0v) is 7.03. The Morgan fingerprint density at radius 1 is 1.23 bits per heavy atom. The Morgan fingerprint density at radius 2 is 1.69 bits per heavy atom. The van der Waals surface area contributed by atoms with Gasteiger partial charge in [0.25, 0.3) is 0 Å². The fraction of sp³-hybridized carbons (Fsp3) is 0.200. The minimum absolute atomic E-state index is 0.215. The van der Waals surface area contributed by atoms with Crippen LogP contribution in [-0.2, 0) is 13.2 Å². The van der Waals surface area contributed by atoms with E-state index in [1.54, 1.807) is 18.2 Å². The smallest absolute Gasteiger partial charge is 0.168 e. The van der Waals surface area contributed by atoms with Crippen LogP contribution in [0.25, 0.3) is 0 Å². The van der Waals surface area contributed by atoms with Crippen LogP contribution in [0.15, 0.2) is 18.2 Å². The molecule has 0 amide bonds. The van der Waals surface area contributed by atoms with Gasteiger partial charge in [0.2, 0.25) is 0 Å². The topological polar surface area (TPSA) is 57.5 Å². The molecule has 2 radical (unpaired) electrons. The monoisotopic (exact) mass is 178 g/mol. The average Bonchev–Trinajstić information content (AvgIpc) is 2.16. The number of carbonyl (C=O) groups excluding carboxylic acids is 1. The van der Waals surface area contributed by atoms with Crippen molar-refractivity contribution in [1.82, 2.24) is 0 Å². The van der Waals surface area contributed by atoms with Crippen molar-refractivity contribution in [3.63, 3.8) is 0 Å². The Labute approximate surface area is 76.6 Å². The minimum Gasteiger partial charge on any atom is -0.392 e. The Kier molecular flexibility index (Phi) is 3.17. The van der Waals surface area contributed by atoms with Crippen molar-refractivity contribution >= 4 is 5.78 Å². The van der Waals surface area contributed by atoms with E-state index in [0.717, 1.165) is 0 Å². The quantitative estimate of drug-likeness (QED) is 0.665. The molecule has 0 spiro atoms. The van der Waals surface area contributed by atoms with Crippen LogP contribution in [0.1, 0.15) is 21.5 Å². The third-order valence-corrected chi connectivity index (χ3v) is 1.82. The van der Waals surface area contributed by atoms with Gasteiger partial charge in [-0.05, 0) is 11.1 Å². The summed E-state index contributed by atoms with van der Waals surface area (Å²) >= 11 is 0. The second kappa shape index (κ2) is 4.16. The number of benzene rings is 1. The lowest BCUT2D eigenvalue weighted by atomic mass is 9.99. The molecule has 0 saturated carbocycles. The van der Waals surface area contributed by atoms with Gasteiger partial charge in [-0.2, -0.15) is 0 Å². The predicted molar refractivity (Wildman–Crippen MR) is 46.9 cm³/mol. The van der Waals surface area contributed by atoms with Crippen LogP contribution >= 0.6 is 0 Å². The summed E-state index contributed by atoms with van der Waals surface area (Å²) in [4.78, 5) is 11.0. The van der Waals surface area contributed by atoms with Gasteiger partial charge in [-0.1, -0.05) is 18.2 Å². The molecular formula is C10H10O3. The molecule has 1 aromatic carbocycles. The normalized spacial score (nSPS) is 10.1. The number of Topliss-reactive ketones (excluding diaryl/α,β-unsaturated/α-hetero) is 1. The number of hydrogen-bond acceptors (Lipinski definition) is 3. The molecule has 0 atom stereocenters. The first-order chi connectivity index (χ1) is 6.20. The SMILES string of the molecule is [CH]C(=O)c1c(CO)cccc1CO. The van der Waals surface area contributed by atoms with Crippen LogP contribution in [0, 0.1) is 6.92 Å². The maximum atomic E-state index is 11.0. The molecule has 0 aliphatic carbocycles. The van der Waals surface area contributed by atoms with Gasteiger partial charge < -0.3 is 10.2 Å². The second-order valence-corrected chi connectivity index (χ2v) is 2.63. The van der Waals surface area contributed by atoms with E-state index in [0.29, 0.717) is 11.1 Å². The van der Waals surface area contributed by atoms with Crippen molar-refractivity contribution in [3.05, 3.63) is 41.8 Å². The summed E-state index contributed by atoms with van der Waals surface area (Å²) in [6, 6.07) is 4.85. The molecule has 0 aliphatic rings. The standard InChI is InChI=1S/C10H10O3/c1-7(13)10-8(5-11)3-2-4-9(10)6-12/h1-4,11-12H,5-6H2. The Bertz CT molecular complexity index is 296. The van der Waals surface area contributed by atoms with Crippen LogP contribution in [0.3, 0.4) is 0 Å². The zero-order valence-electron chi connectivity index (χ0n) is 7.03. The molecule has 0 aromatic heterocycles. The molecule has 3 heteroatoms. The van der Waals surface area contributed by atoms with Gasteiger partial charge in [0.15, 0.2) is 5.78 Å². The number of ketones is 1. The van der Waals surface area contributed by atoms with E-state index in [9.17, 15) is 4.79 Å². The van der Waals surface area contributed by atoms with E-state index in [1.807, 2.05) is 0 Å². The average molecular weight is 178 g/mol. The summed E-state index contributed by atoms with van der Waals surface area (Å²) in [6.45, 7) is 4.59. The first-order valence-corrected chi connectivity index (χ1v) is 3.83. The first kappa shape index (κ1) is 9.89. The summed E-state index contributed by atoms with van der Waals surface area (Å²) in [7, 11) is 0. The van der Waals surface area contributed by atoms with Crippen LogP contribution in [0.4, 0.5) is 0 Å². The molecule has 1 aromatic rings. The molecule has 3 nitrogen and oxygen atoms in total. The molecule has 0 aliphatic heterocycles. The van der Waals surface area contributed by atoms with Crippen LogP contribution < -0.4 is 0 Å². The van der Waals surface area contributed by atoms with Crippen LogP contribution in [-0.4, -0.2) is 16.0 Å². The molecule has 0 heterocycles. The van der Waals surface area contributed by atoms with Crippen molar-refractivity contribution in [2.75, 3.05) is 0 Å². The van der Waals surface area contributed by atoms with Gasteiger partial charge in [-0.15, -0.1) is 0 Å². The number of aliphatic hydroxyl groups is 2. The van der Waals surface area contributed by atoms with E-state index in [4.69, 9.17) is 17.1 Å². The van der Waals surface area contributed by atoms with E-state index in [1.165, 1.54) is 0 Å². The van der Waals surface area contributed by atoms with Crippen molar-refractivity contribution in [3.8, 4) is 0 Å². The highest BCUT2D eigenvalue weighted by atomic mass is 16.3. The summed E-state index contributed by atoms with van der Waals surface area (Å²) in [6.07, 6.45) is 0. The lowest BCUT2D eigenvalue weighted by Gasteiger charge is -2.07. The third-order valence-electron chi connectivity index (χ3n) is 1.82. The van der Waals surface area contributed by atoms with Crippen molar-refractivity contribution in [2.24, 2.45) is 0 Å². The highest BCUT2D eigenvalue weighted by molar-refractivity contribution is 6.01. The fourth-order valence-corrected chi connectivity index (χ4v) is 1.23. The number of hydrogen-bond donors (Lipinski definition) is 2. The van der Waals surface area contributed by atoms with E-state index < -0.39 is 5.78 Å². The molecule has 1 rings (SSSR count). The number of rotatable bonds is 3. The lowest BCUT2D eigenvalue weighted by Crippen LogP contribution is -2.05. The lowest BCUT2D eigenvalue weighted by molar-refractivity contribution is 0.103. The van der Waals surface area contributed by atoms with Gasteiger partial charge in [0.1, 0.15) is 0 Å². The summed E-state index contributed by atoms with van der Waals surface area (Å²) < 4.78 is 0.